The molecular formula is C15H9Cl2N3OS. The van der Waals surface area contributed by atoms with E-state index in [1.54, 1.807) is 18.3 Å². The van der Waals surface area contributed by atoms with E-state index in [1.165, 1.54) is 18.4 Å². The van der Waals surface area contributed by atoms with Crippen molar-refractivity contribution < 1.29 is 4.74 Å². The first-order valence-electron chi connectivity index (χ1n) is 6.20. The first-order valence-corrected chi connectivity index (χ1v) is 7.84. The van der Waals surface area contributed by atoms with Crippen molar-refractivity contribution in [3.05, 3.63) is 45.4 Å². The number of hydrogen-bond donors (Lipinski definition) is 1. The first kappa shape index (κ1) is 14.9. The fourth-order valence-electron chi connectivity index (χ4n) is 2.04. The van der Waals surface area contributed by atoms with Crippen molar-refractivity contribution in [2.24, 2.45) is 0 Å². The summed E-state index contributed by atoms with van der Waals surface area (Å²) in [5, 5.41) is 15.3. The number of nitriles is 1. The molecule has 0 atom stereocenters. The van der Waals surface area contributed by atoms with Crippen LogP contribution in [0, 0.1) is 11.3 Å². The summed E-state index contributed by atoms with van der Waals surface area (Å²) < 4.78 is 6.09. The van der Waals surface area contributed by atoms with Crippen LogP contribution in [0.15, 0.2) is 29.8 Å². The van der Waals surface area contributed by atoms with Crippen molar-refractivity contribution in [2.75, 3.05) is 12.4 Å². The summed E-state index contributed by atoms with van der Waals surface area (Å²) in [5.74, 6) is 0.503. The number of rotatable bonds is 3. The molecule has 0 amide bonds. The van der Waals surface area contributed by atoms with Gasteiger partial charge in [0.2, 0.25) is 0 Å². The van der Waals surface area contributed by atoms with Crippen LogP contribution in [-0.4, -0.2) is 12.1 Å². The van der Waals surface area contributed by atoms with Gasteiger partial charge in [-0.15, -0.1) is 11.3 Å². The Balaban J connectivity index is 2.14. The van der Waals surface area contributed by atoms with Gasteiger partial charge in [-0.1, -0.05) is 23.2 Å². The number of halogens is 2. The average Bonchev–Trinajstić information content (AvgIpc) is 2.98. The second-order valence-electron chi connectivity index (χ2n) is 4.39. The van der Waals surface area contributed by atoms with E-state index in [0.717, 1.165) is 10.2 Å². The lowest BCUT2D eigenvalue weighted by molar-refractivity contribution is 0.415. The van der Waals surface area contributed by atoms with Crippen LogP contribution in [0.2, 0.25) is 10.0 Å². The van der Waals surface area contributed by atoms with Gasteiger partial charge in [0.15, 0.2) is 0 Å². The number of aromatic nitrogens is 1. The van der Waals surface area contributed by atoms with Crippen molar-refractivity contribution in [3.8, 4) is 11.8 Å². The predicted molar refractivity (Wildman–Crippen MR) is 90.6 cm³/mol. The molecule has 0 aliphatic carbocycles. The van der Waals surface area contributed by atoms with E-state index < -0.39 is 0 Å². The van der Waals surface area contributed by atoms with Gasteiger partial charge < -0.3 is 10.1 Å². The van der Waals surface area contributed by atoms with E-state index in [2.05, 4.69) is 16.4 Å². The minimum Gasteiger partial charge on any atom is -0.495 e. The number of fused-ring (bicyclic) bond motifs is 1. The van der Waals surface area contributed by atoms with Gasteiger partial charge in [0.05, 0.1) is 44.3 Å². The zero-order valence-electron chi connectivity index (χ0n) is 11.4. The highest BCUT2D eigenvalue weighted by Gasteiger charge is 2.14. The van der Waals surface area contributed by atoms with Crippen molar-refractivity contribution in [1.82, 2.24) is 4.98 Å². The van der Waals surface area contributed by atoms with Crippen molar-refractivity contribution in [3.63, 3.8) is 0 Å². The highest BCUT2D eigenvalue weighted by Crippen LogP contribution is 2.38. The predicted octanol–water partition coefficient (Wildman–Crippen LogP) is 5.23. The summed E-state index contributed by atoms with van der Waals surface area (Å²) in [6, 6.07) is 7.34. The van der Waals surface area contributed by atoms with Crippen molar-refractivity contribution >= 4 is 56.1 Å². The Hall–Kier alpha value is -2.00. The second-order valence-corrected chi connectivity index (χ2v) is 6.12. The highest BCUT2D eigenvalue weighted by molar-refractivity contribution is 7.17. The number of hydrogen-bond acceptors (Lipinski definition) is 5. The second kappa shape index (κ2) is 6.01. The van der Waals surface area contributed by atoms with Crippen LogP contribution in [0.3, 0.4) is 0 Å². The van der Waals surface area contributed by atoms with Crippen LogP contribution in [0.4, 0.5) is 11.4 Å². The fraction of sp³-hybridized carbons (Fsp3) is 0.0667. The number of methoxy groups -OCH3 is 1. The number of thiophene rings is 1. The molecule has 110 valence electrons. The molecule has 2 aromatic heterocycles. The Labute approximate surface area is 140 Å². The van der Waals surface area contributed by atoms with Gasteiger partial charge in [-0.05, 0) is 17.5 Å². The smallest absolute Gasteiger partial charge is 0.139 e. The highest BCUT2D eigenvalue weighted by atomic mass is 35.5. The third-order valence-electron chi connectivity index (χ3n) is 3.10. The molecule has 0 saturated heterocycles. The maximum atomic E-state index is 9.30. The maximum Gasteiger partial charge on any atom is 0.139 e. The molecule has 3 aromatic rings. The van der Waals surface area contributed by atoms with E-state index in [1.807, 2.05) is 11.4 Å². The largest absolute Gasteiger partial charge is 0.495 e. The van der Waals surface area contributed by atoms with Gasteiger partial charge in [0.1, 0.15) is 11.8 Å². The van der Waals surface area contributed by atoms with Gasteiger partial charge in [0, 0.05) is 12.3 Å². The molecule has 3 rings (SSSR count). The van der Waals surface area contributed by atoms with Crippen LogP contribution in [0.5, 0.6) is 5.75 Å². The van der Waals surface area contributed by atoms with Crippen LogP contribution in [-0.2, 0) is 0 Å². The molecule has 4 nitrogen and oxygen atoms in total. The Morgan fingerprint density at radius 2 is 2.14 bits per heavy atom. The first-order chi connectivity index (χ1) is 10.6. The summed E-state index contributed by atoms with van der Waals surface area (Å²) >= 11 is 13.8. The minimum atomic E-state index is 0.426. The molecule has 0 fully saturated rings. The molecule has 0 spiro atoms. The van der Waals surface area contributed by atoms with Gasteiger partial charge in [-0.3, -0.25) is 4.98 Å². The minimum absolute atomic E-state index is 0.426. The molecule has 22 heavy (non-hydrogen) atoms. The summed E-state index contributed by atoms with van der Waals surface area (Å²) in [6.07, 6.45) is 1.54. The molecule has 0 radical (unpaired) electrons. The SMILES string of the molecule is COc1cc(Nc2c(C#N)cnc3ccsc23)c(Cl)cc1Cl. The van der Waals surface area contributed by atoms with Gasteiger partial charge in [0.25, 0.3) is 0 Å². The molecule has 1 N–H and O–H groups in total. The lowest BCUT2D eigenvalue weighted by Crippen LogP contribution is -1.97. The van der Waals surface area contributed by atoms with E-state index in [-0.39, 0.29) is 0 Å². The Morgan fingerprint density at radius 1 is 1.32 bits per heavy atom. The normalized spacial score (nSPS) is 10.5. The summed E-state index contributed by atoms with van der Waals surface area (Å²) in [5.41, 5.74) is 2.55. The van der Waals surface area contributed by atoms with Crippen LogP contribution >= 0.6 is 34.5 Å². The summed E-state index contributed by atoms with van der Waals surface area (Å²) in [4.78, 5) is 4.25. The number of pyridine rings is 1. The molecule has 1 aromatic carbocycles. The van der Waals surface area contributed by atoms with Gasteiger partial charge in [-0.2, -0.15) is 5.26 Å². The third-order valence-corrected chi connectivity index (χ3v) is 4.62. The Bertz CT molecular complexity index is 902. The Kier molecular flexibility index (Phi) is 4.08. The summed E-state index contributed by atoms with van der Waals surface area (Å²) in [7, 11) is 1.53. The molecule has 0 unspecified atom stereocenters. The topological polar surface area (TPSA) is 57.9 Å². The lowest BCUT2D eigenvalue weighted by Gasteiger charge is -2.13. The van der Waals surface area contributed by atoms with Crippen LogP contribution in [0.1, 0.15) is 5.56 Å². The van der Waals surface area contributed by atoms with E-state index in [0.29, 0.717) is 32.7 Å². The van der Waals surface area contributed by atoms with Crippen molar-refractivity contribution in [1.29, 1.82) is 5.26 Å². The Morgan fingerprint density at radius 3 is 2.86 bits per heavy atom. The van der Waals surface area contributed by atoms with E-state index >= 15 is 0 Å². The number of nitrogens with one attached hydrogen (secondary N) is 1. The molecule has 0 aliphatic heterocycles. The molecule has 0 saturated carbocycles. The zero-order valence-corrected chi connectivity index (χ0v) is 13.7. The molecular weight excluding hydrogens is 341 g/mol. The average molecular weight is 350 g/mol. The standard InChI is InChI=1S/C15H9Cl2N3OS/c1-21-13-5-12(9(16)4-10(13)17)20-14-8(6-18)7-19-11-2-3-22-15(11)14/h2-5,7H,1H3,(H,19,20). The number of benzene rings is 1. The van der Waals surface area contributed by atoms with Crippen LogP contribution < -0.4 is 10.1 Å². The van der Waals surface area contributed by atoms with Gasteiger partial charge >= 0.3 is 0 Å². The fourth-order valence-corrected chi connectivity index (χ4v) is 3.40. The number of anilines is 2. The summed E-state index contributed by atoms with van der Waals surface area (Å²) in [6.45, 7) is 0. The van der Waals surface area contributed by atoms with E-state index in [4.69, 9.17) is 27.9 Å². The third kappa shape index (κ3) is 2.57. The monoisotopic (exact) mass is 349 g/mol. The quantitative estimate of drug-likeness (QED) is 0.703. The van der Waals surface area contributed by atoms with E-state index in [9.17, 15) is 5.26 Å². The molecule has 7 heteroatoms. The lowest BCUT2D eigenvalue weighted by atomic mass is 10.2. The molecule has 2 heterocycles. The van der Waals surface area contributed by atoms with Gasteiger partial charge in [-0.25, -0.2) is 0 Å². The molecule has 0 bridgehead atoms. The molecule has 0 aliphatic rings. The zero-order chi connectivity index (χ0) is 15.7. The maximum absolute atomic E-state index is 9.30. The number of nitrogens with zero attached hydrogens (tertiary/aromatic N) is 2. The van der Waals surface area contributed by atoms with Crippen molar-refractivity contribution in [2.45, 2.75) is 0 Å². The number of ether oxygens (including phenoxy) is 1. The van der Waals surface area contributed by atoms with Crippen LogP contribution in [0.25, 0.3) is 10.2 Å².